The molecular formula is C40H52N4O6. The lowest BCUT2D eigenvalue weighted by Crippen LogP contribution is -2.50. The van der Waals surface area contributed by atoms with Crippen LogP contribution in [0.1, 0.15) is 64.5 Å². The second-order valence-corrected chi connectivity index (χ2v) is 14.4. The van der Waals surface area contributed by atoms with Gasteiger partial charge in [-0.3, -0.25) is 19.5 Å². The first-order valence-corrected chi connectivity index (χ1v) is 17.2. The number of methoxy groups -OCH3 is 1. The minimum Gasteiger partial charge on any atom is -0.508 e. The molecule has 10 nitrogen and oxygen atoms in total. The zero-order valence-corrected chi connectivity index (χ0v) is 30.8. The van der Waals surface area contributed by atoms with Crippen molar-refractivity contribution in [2.75, 3.05) is 27.8 Å². The molecule has 0 saturated heterocycles. The highest BCUT2D eigenvalue weighted by Gasteiger charge is 2.29. The summed E-state index contributed by atoms with van der Waals surface area (Å²) in [5.74, 6) is -0.0895. The first-order chi connectivity index (χ1) is 23.7. The molecule has 2 aromatic heterocycles. The van der Waals surface area contributed by atoms with Crippen LogP contribution in [0.5, 0.6) is 5.75 Å². The summed E-state index contributed by atoms with van der Waals surface area (Å²) in [6, 6.07) is 14.4. The average Bonchev–Trinajstić information content (AvgIpc) is 3.37. The molecule has 0 fully saturated rings. The molecular weight excluding hydrogens is 632 g/mol. The van der Waals surface area contributed by atoms with E-state index in [0.717, 1.165) is 56.4 Å². The van der Waals surface area contributed by atoms with Crippen molar-refractivity contribution in [3.8, 4) is 28.1 Å². The number of carbonyl (C=O) groups is 3. The fourth-order valence-corrected chi connectivity index (χ4v) is 7.01. The predicted molar refractivity (Wildman–Crippen MR) is 197 cm³/mol. The van der Waals surface area contributed by atoms with Gasteiger partial charge in [-0.2, -0.15) is 0 Å². The first kappa shape index (κ1) is 38.3. The van der Waals surface area contributed by atoms with E-state index in [0.29, 0.717) is 19.4 Å². The van der Waals surface area contributed by atoms with Gasteiger partial charge < -0.3 is 29.3 Å². The summed E-state index contributed by atoms with van der Waals surface area (Å²) in [5.41, 5.74) is 6.95. The summed E-state index contributed by atoms with van der Waals surface area (Å²) in [6.45, 7) is 13.6. The highest BCUT2D eigenvalue weighted by molar-refractivity contribution is 5.95. The SMILES string of the molecule is CCn1c(-c2cccnc2C(C)OC)c(CC(C)(C)COC=O)c2cc(-c3cc(O)cc(CC(C=O)NC(=O)C(C(C)C)N(C)C)c3)ccc21. The average molecular weight is 685 g/mol. The Balaban J connectivity index is 1.84. The van der Waals surface area contributed by atoms with E-state index in [1.807, 2.05) is 58.0 Å². The van der Waals surface area contributed by atoms with Crippen molar-refractivity contribution in [2.45, 2.75) is 79.1 Å². The van der Waals surface area contributed by atoms with E-state index >= 15 is 0 Å². The van der Waals surface area contributed by atoms with Crippen molar-refractivity contribution in [1.29, 1.82) is 0 Å². The normalized spacial score (nSPS) is 13.7. The predicted octanol–water partition coefficient (Wildman–Crippen LogP) is 6.36. The van der Waals surface area contributed by atoms with Crippen molar-refractivity contribution in [2.24, 2.45) is 11.3 Å². The zero-order chi connectivity index (χ0) is 36.7. The van der Waals surface area contributed by atoms with Gasteiger partial charge in [0.2, 0.25) is 5.91 Å². The molecule has 0 spiro atoms. The molecule has 2 aromatic carbocycles. The van der Waals surface area contributed by atoms with Crippen LogP contribution >= 0.6 is 0 Å². The number of carbonyl (C=O) groups excluding carboxylic acids is 3. The van der Waals surface area contributed by atoms with Gasteiger partial charge in [-0.15, -0.1) is 0 Å². The smallest absolute Gasteiger partial charge is 0.293 e. The highest BCUT2D eigenvalue weighted by atomic mass is 16.5. The number of ether oxygens (including phenoxy) is 2. The Morgan fingerprint density at radius 3 is 2.44 bits per heavy atom. The molecule has 0 saturated carbocycles. The summed E-state index contributed by atoms with van der Waals surface area (Å²) < 4.78 is 13.3. The number of aryl methyl sites for hydroxylation is 1. The maximum atomic E-state index is 13.1. The highest BCUT2D eigenvalue weighted by Crippen LogP contribution is 2.42. The largest absolute Gasteiger partial charge is 0.508 e. The van der Waals surface area contributed by atoms with E-state index in [1.165, 1.54) is 0 Å². The van der Waals surface area contributed by atoms with Crippen LogP contribution in [0.15, 0.2) is 54.7 Å². The van der Waals surface area contributed by atoms with Crippen LogP contribution in [0.4, 0.5) is 0 Å². The van der Waals surface area contributed by atoms with Gasteiger partial charge in [0.1, 0.15) is 12.0 Å². The third-order valence-corrected chi connectivity index (χ3v) is 9.23. The van der Waals surface area contributed by atoms with Gasteiger partial charge in [-0.25, -0.2) is 0 Å². The molecule has 4 aromatic rings. The number of nitrogens with one attached hydrogen (secondary N) is 1. The molecule has 0 aliphatic carbocycles. The molecule has 0 aliphatic rings. The first-order valence-electron chi connectivity index (χ1n) is 17.2. The number of aromatic hydroxyl groups is 1. The van der Waals surface area contributed by atoms with Crippen LogP contribution in [0.3, 0.4) is 0 Å². The second-order valence-electron chi connectivity index (χ2n) is 14.4. The van der Waals surface area contributed by atoms with Crippen molar-refractivity contribution in [3.63, 3.8) is 0 Å². The van der Waals surface area contributed by atoms with Gasteiger partial charge in [0.05, 0.1) is 36.2 Å². The van der Waals surface area contributed by atoms with Crippen LogP contribution in [-0.4, -0.2) is 78.1 Å². The fraction of sp³-hybridized carbons (Fsp3) is 0.450. The Labute approximate surface area is 295 Å². The Kier molecular flexibility index (Phi) is 12.6. The van der Waals surface area contributed by atoms with Crippen molar-refractivity contribution < 1.29 is 29.0 Å². The molecule has 4 rings (SSSR count). The summed E-state index contributed by atoms with van der Waals surface area (Å²) in [4.78, 5) is 43.0. The van der Waals surface area contributed by atoms with E-state index in [9.17, 15) is 19.5 Å². The monoisotopic (exact) mass is 684 g/mol. The minimum atomic E-state index is -0.757. The Bertz CT molecular complexity index is 1800. The molecule has 3 unspecified atom stereocenters. The summed E-state index contributed by atoms with van der Waals surface area (Å²) >= 11 is 0. The summed E-state index contributed by atoms with van der Waals surface area (Å²) in [7, 11) is 5.36. The molecule has 0 radical (unpaired) electrons. The van der Waals surface area contributed by atoms with Gasteiger partial charge in [0.15, 0.2) is 0 Å². The number of amides is 1. The molecule has 0 bridgehead atoms. The van der Waals surface area contributed by atoms with E-state index < -0.39 is 6.04 Å². The number of phenols is 1. The van der Waals surface area contributed by atoms with Crippen LogP contribution in [0, 0.1) is 11.3 Å². The molecule has 2 heterocycles. The maximum absolute atomic E-state index is 13.1. The number of aldehydes is 1. The lowest BCUT2D eigenvalue weighted by atomic mass is 9.84. The topological polar surface area (TPSA) is 123 Å². The van der Waals surface area contributed by atoms with Gasteiger partial charge >= 0.3 is 0 Å². The maximum Gasteiger partial charge on any atom is 0.293 e. The number of rotatable bonds is 17. The minimum absolute atomic E-state index is 0.0591. The van der Waals surface area contributed by atoms with Gasteiger partial charge in [-0.1, -0.05) is 39.8 Å². The number of pyridine rings is 1. The number of likely N-dealkylation sites (N-methyl/N-ethyl adjacent to an activating group) is 1. The van der Waals surface area contributed by atoms with Crippen LogP contribution in [0.25, 0.3) is 33.3 Å². The molecule has 268 valence electrons. The quantitative estimate of drug-likeness (QED) is 0.123. The molecule has 10 heteroatoms. The van der Waals surface area contributed by atoms with Crippen molar-refractivity contribution in [3.05, 3.63) is 71.5 Å². The lowest BCUT2D eigenvalue weighted by Gasteiger charge is -2.28. The Hall–Kier alpha value is -4.54. The number of phenolic OH excluding ortho intramolecular Hbond substituents is 1. The van der Waals surface area contributed by atoms with Crippen molar-refractivity contribution >= 4 is 29.6 Å². The molecule has 2 N–H and O–H groups in total. The van der Waals surface area contributed by atoms with E-state index in [4.69, 9.17) is 14.5 Å². The van der Waals surface area contributed by atoms with Gasteiger partial charge in [-0.05, 0) is 105 Å². The number of nitrogens with zero attached hydrogens (tertiary/aromatic N) is 3. The molecule has 1 amide bonds. The molecule has 0 aliphatic heterocycles. The van der Waals surface area contributed by atoms with Crippen LogP contribution < -0.4 is 5.32 Å². The standard InChI is InChI=1S/C40H52N4O6/c1-10-44-35-14-13-28(29-16-27(18-31(47)19-29)17-30(22-45)42-39(48)37(25(2)3)43(7)8)20-33(35)34(21-40(5,6)23-50-24-46)38(44)32-12-11-15-41-36(32)26(4)49-9/h11-16,18-20,22,24-26,30,37,47H,10,17,21,23H2,1-9H3,(H,42,48). The van der Waals surface area contributed by atoms with E-state index in [1.54, 1.807) is 25.4 Å². The van der Waals surface area contributed by atoms with E-state index in [2.05, 4.69) is 48.9 Å². The lowest BCUT2D eigenvalue weighted by molar-refractivity contribution is -0.131. The summed E-state index contributed by atoms with van der Waals surface area (Å²) in [6.07, 6.45) is 3.11. The third-order valence-electron chi connectivity index (χ3n) is 9.23. The Morgan fingerprint density at radius 1 is 1.08 bits per heavy atom. The number of aromatic nitrogens is 2. The second kappa shape index (κ2) is 16.4. The van der Waals surface area contributed by atoms with Gasteiger partial charge in [0.25, 0.3) is 6.47 Å². The third kappa shape index (κ3) is 8.60. The molecule has 50 heavy (non-hydrogen) atoms. The number of hydrogen-bond donors (Lipinski definition) is 2. The van der Waals surface area contributed by atoms with E-state index in [-0.39, 0.29) is 48.2 Å². The van der Waals surface area contributed by atoms with Crippen molar-refractivity contribution in [1.82, 2.24) is 19.8 Å². The van der Waals surface area contributed by atoms with Gasteiger partial charge in [0, 0.05) is 41.7 Å². The van der Waals surface area contributed by atoms with Crippen LogP contribution in [-0.2, 0) is 43.2 Å². The Morgan fingerprint density at radius 2 is 1.82 bits per heavy atom. The fourth-order valence-electron chi connectivity index (χ4n) is 7.01. The number of fused-ring (bicyclic) bond motifs is 1. The van der Waals surface area contributed by atoms with Crippen LogP contribution in [0.2, 0.25) is 0 Å². The summed E-state index contributed by atoms with van der Waals surface area (Å²) in [5, 5.41) is 14.8. The number of hydrogen-bond acceptors (Lipinski definition) is 8. The molecule has 3 atom stereocenters. The zero-order valence-electron chi connectivity index (χ0n) is 30.8. The number of benzene rings is 2.